The third kappa shape index (κ3) is 4.87. The molecule has 1 N–H and O–H groups in total. The summed E-state index contributed by atoms with van der Waals surface area (Å²) in [7, 11) is 1.67. The summed E-state index contributed by atoms with van der Waals surface area (Å²) in [4.78, 5) is 0. The van der Waals surface area contributed by atoms with Crippen LogP contribution in [0.3, 0.4) is 0 Å². The van der Waals surface area contributed by atoms with E-state index in [9.17, 15) is 4.39 Å². The second kappa shape index (κ2) is 7.79. The van der Waals surface area contributed by atoms with Gasteiger partial charge in [-0.05, 0) is 55.6 Å². The summed E-state index contributed by atoms with van der Waals surface area (Å²) < 4.78 is 18.8. The van der Waals surface area contributed by atoms with Crippen molar-refractivity contribution >= 4 is 0 Å². The monoisotopic (exact) mass is 287 g/mol. The van der Waals surface area contributed by atoms with E-state index in [1.807, 2.05) is 30.3 Å². The molecule has 0 radical (unpaired) electrons. The van der Waals surface area contributed by atoms with E-state index in [1.54, 1.807) is 13.2 Å². The fourth-order valence-corrected chi connectivity index (χ4v) is 2.36. The standard InChI is InChI=1S/C18H22FNO/c1-14(12-16-7-3-4-9-18(16)19)20-11-10-15-6-5-8-17(13-15)21-2/h3-9,13-14,20H,10-12H2,1-2H3. The third-order valence-corrected chi connectivity index (χ3v) is 3.52. The van der Waals surface area contributed by atoms with E-state index in [1.165, 1.54) is 11.6 Å². The zero-order valence-electron chi connectivity index (χ0n) is 12.6. The van der Waals surface area contributed by atoms with Gasteiger partial charge in [0.15, 0.2) is 0 Å². The predicted molar refractivity (Wildman–Crippen MR) is 84.3 cm³/mol. The van der Waals surface area contributed by atoms with Crippen LogP contribution in [0.4, 0.5) is 4.39 Å². The van der Waals surface area contributed by atoms with Crippen molar-refractivity contribution in [2.45, 2.75) is 25.8 Å². The maximum Gasteiger partial charge on any atom is 0.126 e. The molecule has 2 aromatic carbocycles. The average molecular weight is 287 g/mol. The number of ether oxygens (including phenoxy) is 1. The SMILES string of the molecule is COc1cccc(CCNC(C)Cc2ccccc2F)c1. The largest absolute Gasteiger partial charge is 0.497 e. The first kappa shape index (κ1) is 15.5. The number of hydrogen-bond acceptors (Lipinski definition) is 2. The summed E-state index contributed by atoms with van der Waals surface area (Å²) in [5, 5.41) is 3.44. The van der Waals surface area contributed by atoms with Gasteiger partial charge in [-0.2, -0.15) is 0 Å². The highest BCUT2D eigenvalue weighted by atomic mass is 19.1. The Morgan fingerprint density at radius 1 is 1.14 bits per heavy atom. The minimum atomic E-state index is -0.126. The molecule has 0 aromatic heterocycles. The summed E-state index contributed by atoms with van der Waals surface area (Å²) in [6, 6.07) is 15.3. The maximum absolute atomic E-state index is 13.6. The van der Waals surface area contributed by atoms with Crippen molar-refractivity contribution in [1.29, 1.82) is 0 Å². The highest BCUT2D eigenvalue weighted by molar-refractivity contribution is 5.28. The number of halogens is 1. The lowest BCUT2D eigenvalue weighted by molar-refractivity contribution is 0.414. The molecule has 0 saturated carbocycles. The molecule has 0 aliphatic carbocycles. The van der Waals surface area contributed by atoms with Crippen LogP contribution in [0.1, 0.15) is 18.1 Å². The Morgan fingerprint density at radius 2 is 1.95 bits per heavy atom. The number of rotatable bonds is 7. The molecule has 0 fully saturated rings. The molecule has 0 saturated heterocycles. The van der Waals surface area contributed by atoms with Gasteiger partial charge in [-0.1, -0.05) is 30.3 Å². The van der Waals surface area contributed by atoms with Crippen LogP contribution < -0.4 is 10.1 Å². The van der Waals surface area contributed by atoms with E-state index >= 15 is 0 Å². The molecular formula is C18H22FNO. The Labute approximate surface area is 126 Å². The Balaban J connectivity index is 1.79. The number of nitrogens with one attached hydrogen (secondary N) is 1. The van der Waals surface area contributed by atoms with E-state index in [2.05, 4.69) is 18.3 Å². The van der Waals surface area contributed by atoms with Crippen LogP contribution >= 0.6 is 0 Å². The van der Waals surface area contributed by atoms with Gasteiger partial charge in [-0.15, -0.1) is 0 Å². The number of methoxy groups -OCH3 is 1. The molecule has 0 amide bonds. The van der Waals surface area contributed by atoms with Gasteiger partial charge >= 0.3 is 0 Å². The quantitative estimate of drug-likeness (QED) is 0.840. The van der Waals surface area contributed by atoms with Crippen molar-refractivity contribution < 1.29 is 9.13 Å². The highest BCUT2D eigenvalue weighted by Crippen LogP contribution is 2.13. The van der Waals surface area contributed by atoms with Crippen LogP contribution in [-0.2, 0) is 12.8 Å². The fraction of sp³-hybridized carbons (Fsp3) is 0.333. The van der Waals surface area contributed by atoms with Crippen LogP contribution in [-0.4, -0.2) is 19.7 Å². The van der Waals surface area contributed by atoms with Crippen LogP contribution in [0.2, 0.25) is 0 Å². The van der Waals surface area contributed by atoms with Gasteiger partial charge in [0.1, 0.15) is 11.6 Å². The van der Waals surface area contributed by atoms with Crippen molar-refractivity contribution in [3.05, 3.63) is 65.5 Å². The first-order valence-electron chi connectivity index (χ1n) is 7.29. The zero-order valence-corrected chi connectivity index (χ0v) is 12.6. The summed E-state index contributed by atoms with van der Waals surface area (Å²) in [5.41, 5.74) is 2.00. The van der Waals surface area contributed by atoms with Crippen LogP contribution in [0.5, 0.6) is 5.75 Å². The van der Waals surface area contributed by atoms with E-state index in [0.717, 1.165) is 24.3 Å². The van der Waals surface area contributed by atoms with Gasteiger partial charge in [0.05, 0.1) is 7.11 Å². The van der Waals surface area contributed by atoms with Gasteiger partial charge in [-0.25, -0.2) is 4.39 Å². The topological polar surface area (TPSA) is 21.3 Å². The Bertz CT molecular complexity index is 571. The van der Waals surface area contributed by atoms with Gasteiger partial charge in [0.25, 0.3) is 0 Å². The number of benzene rings is 2. The average Bonchev–Trinajstić information content (AvgIpc) is 2.50. The van der Waals surface area contributed by atoms with Crippen molar-refractivity contribution in [2.75, 3.05) is 13.7 Å². The Morgan fingerprint density at radius 3 is 2.71 bits per heavy atom. The molecule has 2 aromatic rings. The summed E-state index contributed by atoms with van der Waals surface area (Å²) in [5.74, 6) is 0.755. The molecule has 0 spiro atoms. The second-order valence-corrected chi connectivity index (χ2v) is 5.25. The minimum Gasteiger partial charge on any atom is -0.497 e. The molecule has 1 atom stereocenters. The molecule has 0 aliphatic rings. The molecule has 112 valence electrons. The first-order valence-corrected chi connectivity index (χ1v) is 7.29. The molecular weight excluding hydrogens is 265 g/mol. The van der Waals surface area contributed by atoms with Crippen molar-refractivity contribution in [3.63, 3.8) is 0 Å². The van der Waals surface area contributed by atoms with E-state index < -0.39 is 0 Å². The predicted octanol–water partition coefficient (Wildman–Crippen LogP) is 3.60. The fourth-order valence-electron chi connectivity index (χ4n) is 2.36. The van der Waals surface area contributed by atoms with Crippen LogP contribution in [0, 0.1) is 5.82 Å². The lowest BCUT2D eigenvalue weighted by atomic mass is 10.1. The molecule has 0 aliphatic heterocycles. The smallest absolute Gasteiger partial charge is 0.126 e. The van der Waals surface area contributed by atoms with Crippen molar-refractivity contribution in [1.82, 2.24) is 5.32 Å². The molecule has 0 heterocycles. The summed E-state index contributed by atoms with van der Waals surface area (Å²) in [6.07, 6.45) is 1.63. The minimum absolute atomic E-state index is 0.126. The molecule has 0 bridgehead atoms. The second-order valence-electron chi connectivity index (χ2n) is 5.25. The number of hydrogen-bond donors (Lipinski definition) is 1. The molecule has 2 rings (SSSR count). The first-order chi connectivity index (χ1) is 10.2. The van der Waals surface area contributed by atoms with Gasteiger partial charge < -0.3 is 10.1 Å². The van der Waals surface area contributed by atoms with E-state index in [4.69, 9.17) is 4.74 Å². The summed E-state index contributed by atoms with van der Waals surface area (Å²) >= 11 is 0. The Hall–Kier alpha value is -1.87. The van der Waals surface area contributed by atoms with Gasteiger partial charge in [0, 0.05) is 6.04 Å². The molecule has 1 unspecified atom stereocenters. The van der Waals surface area contributed by atoms with E-state index in [0.29, 0.717) is 6.42 Å². The van der Waals surface area contributed by atoms with Crippen LogP contribution in [0.25, 0.3) is 0 Å². The zero-order chi connectivity index (χ0) is 15.1. The lowest BCUT2D eigenvalue weighted by Crippen LogP contribution is -2.30. The normalized spacial score (nSPS) is 12.1. The Kier molecular flexibility index (Phi) is 5.76. The highest BCUT2D eigenvalue weighted by Gasteiger charge is 2.06. The van der Waals surface area contributed by atoms with Gasteiger partial charge in [0.2, 0.25) is 0 Å². The maximum atomic E-state index is 13.6. The molecule has 2 nitrogen and oxygen atoms in total. The molecule has 21 heavy (non-hydrogen) atoms. The van der Waals surface area contributed by atoms with Gasteiger partial charge in [-0.3, -0.25) is 0 Å². The van der Waals surface area contributed by atoms with Crippen molar-refractivity contribution in [2.24, 2.45) is 0 Å². The van der Waals surface area contributed by atoms with E-state index in [-0.39, 0.29) is 11.9 Å². The lowest BCUT2D eigenvalue weighted by Gasteiger charge is -2.14. The molecule has 3 heteroatoms. The van der Waals surface area contributed by atoms with Crippen LogP contribution in [0.15, 0.2) is 48.5 Å². The summed E-state index contributed by atoms with van der Waals surface area (Å²) in [6.45, 7) is 2.95. The third-order valence-electron chi connectivity index (χ3n) is 3.52. The van der Waals surface area contributed by atoms with Crippen molar-refractivity contribution in [3.8, 4) is 5.75 Å².